The summed E-state index contributed by atoms with van der Waals surface area (Å²) >= 11 is 0. The lowest BCUT2D eigenvalue weighted by Gasteiger charge is -2.39. The molecule has 1 unspecified atom stereocenters. The maximum absolute atomic E-state index is 11.0. The zero-order valence-corrected chi connectivity index (χ0v) is 16.2. The molecular weight excluding hydrogens is 336 g/mol. The Balaban J connectivity index is 1.31. The van der Waals surface area contributed by atoms with Crippen LogP contribution < -0.4 is 4.74 Å². The van der Waals surface area contributed by atoms with Crippen molar-refractivity contribution in [2.45, 2.75) is 37.5 Å². The summed E-state index contributed by atoms with van der Waals surface area (Å²) in [5.41, 5.74) is 1.65. The number of hydrogen-bond donors (Lipinski definition) is 1. The Kier molecular flexibility index (Phi) is 5.48. The lowest BCUT2D eigenvalue weighted by Crippen LogP contribution is -2.44. The van der Waals surface area contributed by atoms with Crippen LogP contribution in [0.3, 0.4) is 0 Å². The maximum atomic E-state index is 11.0. The molecule has 0 aliphatic carbocycles. The van der Waals surface area contributed by atoms with Gasteiger partial charge in [0.15, 0.2) is 0 Å². The Bertz CT molecular complexity index is 741. The highest BCUT2D eigenvalue weighted by Crippen LogP contribution is 2.33. The van der Waals surface area contributed by atoms with Crippen LogP contribution in [-0.2, 0) is 12.1 Å². The van der Waals surface area contributed by atoms with Crippen LogP contribution in [0.1, 0.15) is 30.4 Å². The minimum atomic E-state index is -0.671. The first-order valence-electron chi connectivity index (χ1n) is 10.1. The van der Waals surface area contributed by atoms with Crippen LogP contribution >= 0.6 is 0 Å². The molecule has 2 aliphatic rings. The van der Waals surface area contributed by atoms with Crippen molar-refractivity contribution in [2.75, 3.05) is 33.2 Å². The Morgan fingerprint density at radius 1 is 1.04 bits per heavy atom. The highest BCUT2D eigenvalue weighted by Gasteiger charge is 2.34. The minimum absolute atomic E-state index is 0.216. The van der Waals surface area contributed by atoms with E-state index in [4.69, 9.17) is 4.74 Å². The van der Waals surface area contributed by atoms with E-state index in [0.717, 1.165) is 63.3 Å². The first kappa shape index (κ1) is 18.5. The molecular formula is C23H30N2O2. The molecule has 1 saturated heterocycles. The Morgan fingerprint density at radius 2 is 1.74 bits per heavy atom. The van der Waals surface area contributed by atoms with E-state index in [2.05, 4.69) is 41.1 Å². The summed E-state index contributed by atoms with van der Waals surface area (Å²) in [6.07, 6.45) is 2.83. The van der Waals surface area contributed by atoms with E-state index in [0.29, 0.717) is 0 Å². The highest BCUT2D eigenvalue weighted by atomic mass is 16.5. The molecule has 2 aromatic rings. The molecule has 0 aromatic heterocycles. The maximum Gasteiger partial charge on any atom is 0.124 e. The van der Waals surface area contributed by atoms with Gasteiger partial charge in [-0.3, -0.25) is 4.90 Å². The van der Waals surface area contributed by atoms with Crippen LogP contribution in [0.25, 0.3) is 0 Å². The van der Waals surface area contributed by atoms with Gasteiger partial charge < -0.3 is 14.7 Å². The molecule has 1 fully saturated rings. The van der Waals surface area contributed by atoms with Crippen LogP contribution in [0.5, 0.6) is 5.75 Å². The van der Waals surface area contributed by atoms with E-state index in [9.17, 15) is 5.11 Å². The van der Waals surface area contributed by atoms with Gasteiger partial charge in [-0.25, -0.2) is 0 Å². The third kappa shape index (κ3) is 4.34. The fourth-order valence-corrected chi connectivity index (χ4v) is 4.33. The molecule has 4 heteroatoms. The zero-order valence-electron chi connectivity index (χ0n) is 16.2. The predicted octanol–water partition coefficient (Wildman–Crippen LogP) is 3.25. The standard InChI is InChI=1S/C23H30N2O2/c1-24-17-19-7-5-6-10-22(19)27-21(18-24)11-14-25-15-12-23(26,13-16-25)20-8-3-2-4-9-20/h2-10,21,26H,11-18H2,1H3. The van der Waals surface area contributed by atoms with Crippen LogP contribution in [0.4, 0.5) is 0 Å². The van der Waals surface area contributed by atoms with Crippen molar-refractivity contribution in [3.05, 3.63) is 65.7 Å². The molecule has 2 aromatic carbocycles. The van der Waals surface area contributed by atoms with Crippen molar-refractivity contribution in [3.8, 4) is 5.75 Å². The molecule has 0 bridgehead atoms. The molecule has 0 spiro atoms. The van der Waals surface area contributed by atoms with Crippen molar-refractivity contribution >= 4 is 0 Å². The summed E-state index contributed by atoms with van der Waals surface area (Å²) in [4.78, 5) is 4.82. The number of piperidine rings is 1. The first-order valence-corrected chi connectivity index (χ1v) is 10.1. The van der Waals surface area contributed by atoms with Gasteiger partial charge in [-0.1, -0.05) is 48.5 Å². The summed E-state index contributed by atoms with van der Waals surface area (Å²) in [6, 6.07) is 18.5. The largest absolute Gasteiger partial charge is 0.489 e. The topological polar surface area (TPSA) is 35.9 Å². The van der Waals surface area contributed by atoms with Gasteiger partial charge in [0.2, 0.25) is 0 Å². The van der Waals surface area contributed by atoms with E-state index >= 15 is 0 Å². The lowest BCUT2D eigenvalue weighted by atomic mass is 9.84. The number of rotatable bonds is 4. The number of likely N-dealkylation sites (N-methyl/N-ethyl adjacent to an activating group) is 1. The Labute approximate surface area is 162 Å². The lowest BCUT2D eigenvalue weighted by molar-refractivity contribution is -0.0278. The number of ether oxygens (including phenoxy) is 1. The van der Waals surface area contributed by atoms with Gasteiger partial charge in [-0.2, -0.15) is 0 Å². The van der Waals surface area contributed by atoms with E-state index in [1.165, 1.54) is 5.56 Å². The molecule has 4 nitrogen and oxygen atoms in total. The van der Waals surface area contributed by atoms with Gasteiger partial charge in [0, 0.05) is 38.3 Å². The number of hydrogen-bond acceptors (Lipinski definition) is 4. The second-order valence-corrected chi connectivity index (χ2v) is 8.07. The summed E-state index contributed by atoms with van der Waals surface area (Å²) in [6.45, 7) is 4.79. The number of nitrogens with zero attached hydrogens (tertiary/aromatic N) is 2. The molecule has 1 atom stereocenters. The van der Waals surface area contributed by atoms with Gasteiger partial charge >= 0.3 is 0 Å². The van der Waals surface area contributed by atoms with Crippen LogP contribution in [0.15, 0.2) is 54.6 Å². The average Bonchev–Trinajstić information content (AvgIpc) is 2.86. The number of para-hydroxylation sites is 1. The SMILES string of the molecule is CN1Cc2ccccc2OC(CCN2CCC(O)(c3ccccc3)CC2)C1. The minimum Gasteiger partial charge on any atom is -0.489 e. The van der Waals surface area contributed by atoms with Gasteiger partial charge in [0.1, 0.15) is 11.9 Å². The third-order valence-electron chi connectivity index (χ3n) is 5.98. The second kappa shape index (κ2) is 8.01. The molecule has 0 amide bonds. The number of fused-ring (bicyclic) bond motifs is 1. The first-order chi connectivity index (χ1) is 13.1. The molecule has 1 N–H and O–H groups in total. The molecule has 0 radical (unpaired) electrons. The van der Waals surface area contributed by atoms with E-state index in [-0.39, 0.29) is 6.10 Å². The summed E-state index contributed by atoms with van der Waals surface area (Å²) in [5.74, 6) is 1.03. The molecule has 144 valence electrons. The van der Waals surface area contributed by atoms with Crippen LogP contribution in [-0.4, -0.2) is 54.2 Å². The van der Waals surface area contributed by atoms with Crippen molar-refractivity contribution in [2.24, 2.45) is 0 Å². The summed E-state index contributed by atoms with van der Waals surface area (Å²) < 4.78 is 6.31. The van der Waals surface area contributed by atoms with Crippen molar-refractivity contribution < 1.29 is 9.84 Å². The van der Waals surface area contributed by atoms with Gasteiger partial charge in [-0.05, 0) is 37.9 Å². The Hall–Kier alpha value is -1.88. The number of aliphatic hydroxyl groups is 1. The molecule has 0 saturated carbocycles. The fraction of sp³-hybridized carbons (Fsp3) is 0.478. The molecule has 2 aliphatic heterocycles. The smallest absolute Gasteiger partial charge is 0.124 e. The molecule has 4 rings (SSSR count). The van der Waals surface area contributed by atoms with Crippen molar-refractivity contribution in [1.82, 2.24) is 9.80 Å². The Morgan fingerprint density at radius 3 is 2.52 bits per heavy atom. The van der Waals surface area contributed by atoms with Crippen LogP contribution in [0, 0.1) is 0 Å². The summed E-state index contributed by atoms with van der Waals surface area (Å²) in [7, 11) is 2.17. The normalized spacial score (nSPS) is 23.3. The highest BCUT2D eigenvalue weighted by molar-refractivity contribution is 5.34. The third-order valence-corrected chi connectivity index (χ3v) is 5.98. The average molecular weight is 367 g/mol. The fourth-order valence-electron chi connectivity index (χ4n) is 4.33. The number of benzene rings is 2. The predicted molar refractivity (Wildman–Crippen MR) is 108 cm³/mol. The van der Waals surface area contributed by atoms with Gasteiger partial charge in [0.25, 0.3) is 0 Å². The quantitative estimate of drug-likeness (QED) is 0.901. The van der Waals surface area contributed by atoms with Crippen LogP contribution in [0.2, 0.25) is 0 Å². The van der Waals surface area contributed by atoms with E-state index in [1.54, 1.807) is 0 Å². The van der Waals surface area contributed by atoms with Crippen molar-refractivity contribution in [3.63, 3.8) is 0 Å². The summed E-state index contributed by atoms with van der Waals surface area (Å²) in [5, 5.41) is 11.0. The van der Waals surface area contributed by atoms with Crippen molar-refractivity contribution in [1.29, 1.82) is 0 Å². The van der Waals surface area contributed by atoms with Gasteiger partial charge in [-0.15, -0.1) is 0 Å². The molecule has 2 heterocycles. The second-order valence-electron chi connectivity index (χ2n) is 8.07. The van der Waals surface area contributed by atoms with E-state index in [1.807, 2.05) is 30.3 Å². The zero-order chi connectivity index (χ0) is 18.7. The van der Waals surface area contributed by atoms with E-state index < -0.39 is 5.60 Å². The molecule has 27 heavy (non-hydrogen) atoms. The number of likely N-dealkylation sites (tertiary alicyclic amines) is 1. The monoisotopic (exact) mass is 366 g/mol. The van der Waals surface area contributed by atoms with Gasteiger partial charge in [0.05, 0.1) is 5.60 Å².